The Morgan fingerprint density at radius 1 is 0.226 bits per heavy atom. The Balaban J connectivity index is 1.11. The third kappa shape index (κ3) is 4.86. The van der Waals surface area contributed by atoms with Gasteiger partial charge in [-0.25, -0.2) is 0 Å². The molecule has 0 saturated carbocycles. The lowest BCUT2D eigenvalue weighted by Crippen LogP contribution is -1.92. The van der Waals surface area contributed by atoms with Crippen molar-refractivity contribution in [1.29, 1.82) is 0 Å². The average Bonchev–Trinajstić information content (AvgIpc) is 3.60. The molecule has 11 rings (SSSR count). The monoisotopic (exact) mass is 672 g/mol. The van der Waals surface area contributed by atoms with Crippen LogP contribution in [0.15, 0.2) is 199 Å². The first kappa shape index (κ1) is 29.7. The highest BCUT2D eigenvalue weighted by Gasteiger charge is 2.18. The first-order chi connectivity index (χ1) is 26.2. The van der Waals surface area contributed by atoms with E-state index in [1.807, 2.05) is 12.1 Å². The first-order valence-electron chi connectivity index (χ1n) is 18.2. The normalized spacial score (nSPS) is 11.8. The SMILES string of the molecule is c1ccc2cc(-c3c4ccccc4c(-c4ccc5ccccc5c4)c4cc(-c5ccc(-c6ccc7oc8ccccc8c7c6)cc5)ccc34)ccc2c1. The number of hydrogen-bond donors (Lipinski definition) is 0. The number of benzene rings is 10. The third-order valence-electron chi connectivity index (χ3n) is 11.0. The molecule has 0 bridgehead atoms. The van der Waals surface area contributed by atoms with Gasteiger partial charge < -0.3 is 4.42 Å². The summed E-state index contributed by atoms with van der Waals surface area (Å²) >= 11 is 0. The molecule has 0 unspecified atom stereocenters. The van der Waals surface area contributed by atoms with E-state index in [-0.39, 0.29) is 0 Å². The van der Waals surface area contributed by atoms with Crippen LogP contribution in [0.25, 0.3) is 110 Å². The standard InChI is InChI=1S/C52H32O/c1-3-11-37-29-41(23-21-33(37)9-1)51-44-14-5-6-15-45(44)52(42-24-22-34-10-2-4-12-38(34)30-42)48-32-39(25-27-46(48)51)35-17-19-36(20-18-35)40-26-28-50-47(31-40)43-13-7-8-16-49(43)53-50/h1-32H. The molecule has 0 aliphatic heterocycles. The quantitative estimate of drug-likeness (QED) is 0.170. The molecule has 0 radical (unpaired) electrons. The van der Waals surface area contributed by atoms with Crippen LogP contribution in [0.5, 0.6) is 0 Å². The van der Waals surface area contributed by atoms with Gasteiger partial charge in [-0.2, -0.15) is 0 Å². The molecule has 1 aromatic heterocycles. The Bertz CT molecular complexity index is 3220. The van der Waals surface area contributed by atoms with Gasteiger partial charge in [-0.3, -0.25) is 0 Å². The molecule has 0 aliphatic rings. The minimum atomic E-state index is 0.917. The molecule has 1 heterocycles. The summed E-state index contributed by atoms with van der Waals surface area (Å²) in [5, 5.41) is 12.3. The molecule has 1 heteroatoms. The maximum absolute atomic E-state index is 6.10. The molecule has 0 amide bonds. The van der Waals surface area contributed by atoms with Crippen molar-refractivity contribution < 1.29 is 4.42 Å². The third-order valence-corrected chi connectivity index (χ3v) is 11.0. The van der Waals surface area contributed by atoms with Crippen LogP contribution < -0.4 is 0 Å². The molecular formula is C52H32O. The molecule has 0 aliphatic carbocycles. The number of rotatable bonds is 4. The van der Waals surface area contributed by atoms with Gasteiger partial charge in [0.1, 0.15) is 11.2 Å². The largest absolute Gasteiger partial charge is 0.456 e. The lowest BCUT2D eigenvalue weighted by Gasteiger charge is -2.19. The van der Waals surface area contributed by atoms with E-state index in [1.165, 1.54) is 87.6 Å². The second-order valence-electron chi connectivity index (χ2n) is 14.1. The second-order valence-corrected chi connectivity index (χ2v) is 14.1. The number of para-hydroxylation sites is 1. The zero-order valence-electron chi connectivity index (χ0n) is 28.9. The van der Waals surface area contributed by atoms with Gasteiger partial charge in [0.05, 0.1) is 0 Å². The van der Waals surface area contributed by atoms with Gasteiger partial charge >= 0.3 is 0 Å². The van der Waals surface area contributed by atoms with Gasteiger partial charge in [0, 0.05) is 10.8 Å². The van der Waals surface area contributed by atoms with Crippen LogP contribution in [0, 0.1) is 0 Å². The zero-order chi connectivity index (χ0) is 34.9. The number of hydrogen-bond acceptors (Lipinski definition) is 1. The first-order valence-corrected chi connectivity index (χ1v) is 18.2. The Morgan fingerprint density at radius 2 is 0.642 bits per heavy atom. The van der Waals surface area contributed by atoms with E-state index < -0.39 is 0 Å². The number of furan rings is 1. The minimum Gasteiger partial charge on any atom is -0.456 e. The van der Waals surface area contributed by atoms with E-state index in [9.17, 15) is 0 Å². The highest BCUT2D eigenvalue weighted by atomic mass is 16.3. The Labute approximate surface area is 307 Å². The Hall–Kier alpha value is -6.96. The van der Waals surface area contributed by atoms with Crippen LogP contribution in [0.2, 0.25) is 0 Å². The predicted molar refractivity (Wildman–Crippen MR) is 225 cm³/mol. The molecular weight excluding hydrogens is 641 g/mol. The fourth-order valence-electron chi connectivity index (χ4n) is 8.43. The van der Waals surface area contributed by atoms with E-state index in [2.05, 4.69) is 182 Å². The lowest BCUT2D eigenvalue weighted by molar-refractivity contribution is 0.669. The summed E-state index contributed by atoms with van der Waals surface area (Å²) in [5.74, 6) is 0. The summed E-state index contributed by atoms with van der Waals surface area (Å²) < 4.78 is 6.10. The van der Waals surface area contributed by atoms with E-state index in [0.717, 1.165) is 21.9 Å². The molecule has 0 atom stereocenters. The summed E-state index contributed by atoms with van der Waals surface area (Å²) in [6.45, 7) is 0. The van der Waals surface area contributed by atoms with Gasteiger partial charge in [0.15, 0.2) is 0 Å². The lowest BCUT2D eigenvalue weighted by atomic mass is 9.84. The van der Waals surface area contributed by atoms with Crippen molar-refractivity contribution in [2.75, 3.05) is 0 Å². The molecule has 10 aromatic carbocycles. The second kappa shape index (κ2) is 11.8. The summed E-state index contributed by atoms with van der Waals surface area (Å²) in [6, 6.07) is 70.8. The van der Waals surface area contributed by atoms with Gasteiger partial charge in [-0.1, -0.05) is 158 Å². The smallest absolute Gasteiger partial charge is 0.135 e. The summed E-state index contributed by atoms with van der Waals surface area (Å²) in [7, 11) is 0. The maximum Gasteiger partial charge on any atom is 0.135 e. The van der Waals surface area contributed by atoms with E-state index in [4.69, 9.17) is 4.42 Å². The topological polar surface area (TPSA) is 13.1 Å². The van der Waals surface area contributed by atoms with E-state index in [0.29, 0.717) is 0 Å². The molecule has 53 heavy (non-hydrogen) atoms. The van der Waals surface area contributed by atoms with Gasteiger partial charge in [0.25, 0.3) is 0 Å². The molecule has 0 saturated heterocycles. The molecule has 0 N–H and O–H groups in total. The van der Waals surface area contributed by atoms with Crippen molar-refractivity contribution in [3.8, 4) is 44.5 Å². The van der Waals surface area contributed by atoms with E-state index in [1.54, 1.807) is 0 Å². The van der Waals surface area contributed by atoms with Gasteiger partial charge in [-0.15, -0.1) is 0 Å². The van der Waals surface area contributed by atoms with Crippen LogP contribution >= 0.6 is 0 Å². The summed E-state index contributed by atoms with van der Waals surface area (Å²) in [5.41, 5.74) is 11.6. The van der Waals surface area contributed by atoms with Gasteiger partial charge in [-0.05, 0) is 124 Å². The summed E-state index contributed by atoms with van der Waals surface area (Å²) in [4.78, 5) is 0. The Morgan fingerprint density at radius 3 is 1.26 bits per heavy atom. The molecule has 0 fully saturated rings. The Kier molecular flexibility index (Phi) is 6.62. The summed E-state index contributed by atoms with van der Waals surface area (Å²) in [6.07, 6.45) is 0. The van der Waals surface area contributed by atoms with Crippen LogP contribution in [0.1, 0.15) is 0 Å². The van der Waals surface area contributed by atoms with Crippen molar-refractivity contribution in [1.82, 2.24) is 0 Å². The maximum atomic E-state index is 6.10. The number of fused-ring (bicyclic) bond motifs is 7. The zero-order valence-corrected chi connectivity index (χ0v) is 28.9. The van der Waals surface area contributed by atoms with Crippen molar-refractivity contribution in [2.45, 2.75) is 0 Å². The predicted octanol–water partition coefficient (Wildman–Crippen LogP) is 14.9. The fourth-order valence-corrected chi connectivity index (χ4v) is 8.43. The van der Waals surface area contributed by atoms with Gasteiger partial charge in [0.2, 0.25) is 0 Å². The van der Waals surface area contributed by atoms with Crippen molar-refractivity contribution in [3.05, 3.63) is 194 Å². The molecule has 0 spiro atoms. The highest BCUT2D eigenvalue weighted by Crippen LogP contribution is 2.46. The molecule has 1 nitrogen and oxygen atoms in total. The highest BCUT2D eigenvalue weighted by molar-refractivity contribution is 6.22. The van der Waals surface area contributed by atoms with E-state index >= 15 is 0 Å². The van der Waals surface area contributed by atoms with Crippen LogP contribution in [-0.2, 0) is 0 Å². The average molecular weight is 673 g/mol. The van der Waals surface area contributed by atoms with Crippen LogP contribution in [0.3, 0.4) is 0 Å². The van der Waals surface area contributed by atoms with Crippen LogP contribution in [-0.4, -0.2) is 0 Å². The molecule has 11 aromatic rings. The fraction of sp³-hybridized carbons (Fsp3) is 0. The molecule has 246 valence electrons. The van der Waals surface area contributed by atoms with Crippen molar-refractivity contribution in [3.63, 3.8) is 0 Å². The van der Waals surface area contributed by atoms with Crippen molar-refractivity contribution in [2.24, 2.45) is 0 Å². The van der Waals surface area contributed by atoms with Crippen molar-refractivity contribution >= 4 is 65.0 Å². The minimum absolute atomic E-state index is 0.917. The van der Waals surface area contributed by atoms with Crippen LogP contribution in [0.4, 0.5) is 0 Å².